The van der Waals surface area contributed by atoms with Crippen LogP contribution in [0.25, 0.3) is 0 Å². The molecule has 1 heterocycles. The summed E-state index contributed by atoms with van der Waals surface area (Å²) in [6.07, 6.45) is 4.41. The third kappa shape index (κ3) is 3.11. The molecule has 0 spiro atoms. The van der Waals surface area contributed by atoms with Crippen LogP contribution in [0.5, 0.6) is 0 Å². The Kier molecular flexibility index (Phi) is 4.62. The number of aryl methyl sites for hydroxylation is 1. The first kappa shape index (κ1) is 18.9. The first-order chi connectivity index (χ1) is 12.8. The van der Waals surface area contributed by atoms with Crippen molar-refractivity contribution < 1.29 is 13.2 Å². The summed E-state index contributed by atoms with van der Waals surface area (Å²) in [5.74, 6) is 0.433. The van der Waals surface area contributed by atoms with Crippen LogP contribution < -0.4 is 9.62 Å². The Balaban J connectivity index is 1.40. The van der Waals surface area contributed by atoms with E-state index in [1.54, 1.807) is 0 Å². The quantitative estimate of drug-likeness (QED) is 0.811. The first-order valence-electron chi connectivity index (χ1n) is 10.1. The zero-order valence-electron chi connectivity index (χ0n) is 16.3. The van der Waals surface area contributed by atoms with Crippen LogP contribution in [0.3, 0.4) is 0 Å². The van der Waals surface area contributed by atoms with Crippen LogP contribution in [-0.4, -0.2) is 39.6 Å². The summed E-state index contributed by atoms with van der Waals surface area (Å²) in [4.78, 5) is 14.9. The Hall–Kier alpha value is -1.40. The minimum absolute atomic E-state index is 0.0566. The van der Waals surface area contributed by atoms with Gasteiger partial charge in [-0.05, 0) is 48.6 Å². The Morgan fingerprint density at radius 1 is 1.26 bits per heavy atom. The van der Waals surface area contributed by atoms with E-state index in [4.69, 9.17) is 0 Å². The first-order valence-corrected chi connectivity index (χ1v) is 11.7. The largest absolute Gasteiger partial charge is 0.370 e. The molecule has 2 atom stereocenters. The van der Waals surface area contributed by atoms with Gasteiger partial charge in [-0.15, -0.1) is 0 Å². The Bertz CT molecular complexity index is 849. The summed E-state index contributed by atoms with van der Waals surface area (Å²) in [6, 6.07) is 8.35. The molecule has 0 aromatic heterocycles. The molecular weight excluding hydrogens is 360 g/mol. The van der Waals surface area contributed by atoms with Gasteiger partial charge in [-0.2, -0.15) is 0 Å². The highest BCUT2D eigenvalue weighted by molar-refractivity contribution is 7.89. The van der Waals surface area contributed by atoms with Crippen molar-refractivity contribution in [3.8, 4) is 0 Å². The second-order valence-electron chi connectivity index (χ2n) is 9.04. The number of rotatable bonds is 6. The summed E-state index contributed by atoms with van der Waals surface area (Å²) >= 11 is 0. The zero-order chi connectivity index (χ0) is 19.3. The highest BCUT2D eigenvalue weighted by Crippen LogP contribution is 2.64. The van der Waals surface area contributed by atoms with Gasteiger partial charge in [0.2, 0.25) is 10.0 Å². The average molecular weight is 391 g/mol. The van der Waals surface area contributed by atoms with E-state index in [2.05, 4.69) is 41.7 Å². The van der Waals surface area contributed by atoms with Gasteiger partial charge in [0.05, 0.1) is 5.75 Å². The number of nitrogens with one attached hydrogen (secondary N) is 1. The molecule has 2 fully saturated rings. The molecule has 5 nitrogen and oxygen atoms in total. The van der Waals surface area contributed by atoms with Crippen LogP contribution in [0.15, 0.2) is 24.3 Å². The molecule has 0 amide bonds. The fourth-order valence-corrected chi connectivity index (χ4v) is 7.49. The number of sulfonamides is 1. The molecule has 3 aliphatic rings. The van der Waals surface area contributed by atoms with Gasteiger partial charge in [-0.3, -0.25) is 4.79 Å². The normalized spacial score (nSPS) is 29.2. The van der Waals surface area contributed by atoms with Crippen molar-refractivity contribution in [1.82, 2.24) is 4.72 Å². The maximum atomic E-state index is 12.8. The SMILES string of the molecule is CC1(C)C2CCC1(CS(=O)(=O)NCCN1CCCc3ccccc31)C(=O)C2. The zero-order valence-corrected chi connectivity index (χ0v) is 17.1. The van der Waals surface area contributed by atoms with Crippen LogP contribution in [0.2, 0.25) is 0 Å². The average Bonchev–Trinajstić information content (AvgIpc) is 2.95. The van der Waals surface area contributed by atoms with Crippen LogP contribution in [0.4, 0.5) is 5.69 Å². The number of carbonyl (C=O) groups excluding carboxylic acids is 1. The lowest BCUT2D eigenvalue weighted by Crippen LogP contribution is -2.46. The van der Waals surface area contributed by atoms with E-state index in [0.717, 1.165) is 25.8 Å². The van der Waals surface area contributed by atoms with Crippen LogP contribution >= 0.6 is 0 Å². The molecule has 0 saturated heterocycles. The molecule has 2 aliphatic carbocycles. The predicted octanol–water partition coefficient (Wildman–Crippen LogP) is 2.75. The molecular formula is C21H30N2O3S. The minimum Gasteiger partial charge on any atom is -0.370 e. The lowest BCUT2D eigenvalue weighted by Gasteiger charge is -2.36. The van der Waals surface area contributed by atoms with Crippen molar-refractivity contribution in [2.45, 2.75) is 46.0 Å². The van der Waals surface area contributed by atoms with Crippen LogP contribution in [-0.2, 0) is 21.2 Å². The lowest BCUT2D eigenvalue weighted by molar-refractivity contribution is -0.128. The monoisotopic (exact) mass is 390 g/mol. The summed E-state index contributed by atoms with van der Waals surface area (Å²) < 4.78 is 28.4. The molecule has 1 aliphatic heterocycles. The standard InChI is InChI=1S/C21H30N2O3S/c1-20(2)17-9-10-21(20,19(24)14-17)15-27(25,26)22-11-13-23-12-5-7-16-6-3-4-8-18(16)23/h3-4,6,8,17,22H,5,7,9-15H2,1-2H3. The van der Waals surface area contributed by atoms with Crippen molar-refractivity contribution in [3.05, 3.63) is 29.8 Å². The summed E-state index contributed by atoms with van der Waals surface area (Å²) in [5.41, 5.74) is 1.64. The smallest absolute Gasteiger partial charge is 0.212 e. The van der Waals surface area contributed by atoms with E-state index in [1.807, 2.05) is 6.07 Å². The minimum atomic E-state index is -3.49. The molecule has 1 N–H and O–H groups in total. The number of fused-ring (bicyclic) bond motifs is 3. The number of hydrogen-bond acceptors (Lipinski definition) is 4. The van der Waals surface area contributed by atoms with E-state index in [-0.39, 0.29) is 17.0 Å². The van der Waals surface area contributed by atoms with Crippen LogP contribution in [0.1, 0.15) is 45.1 Å². The van der Waals surface area contributed by atoms with Crippen molar-refractivity contribution >= 4 is 21.5 Å². The molecule has 6 heteroatoms. The topological polar surface area (TPSA) is 66.5 Å². The van der Waals surface area contributed by atoms with Gasteiger partial charge < -0.3 is 4.90 Å². The molecule has 2 saturated carbocycles. The van der Waals surface area contributed by atoms with Gasteiger partial charge in [0, 0.05) is 37.2 Å². The van der Waals surface area contributed by atoms with E-state index in [9.17, 15) is 13.2 Å². The van der Waals surface area contributed by atoms with E-state index >= 15 is 0 Å². The van der Waals surface area contributed by atoms with E-state index in [1.165, 1.54) is 11.3 Å². The van der Waals surface area contributed by atoms with Gasteiger partial charge in [-0.25, -0.2) is 13.1 Å². The van der Waals surface area contributed by atoms with Gasteiger partial charge in [0.25, 0.3) is 0 Å². The van der Waals surface area contributed by atoms with Crippen molar-refractivity contribution in [3.63, 3.8) is 0 Å². The van der Waals surface area contributed by atoms with Gasteiger partial charge >= 0.3 is 0 Å². The van der Waals surface area contributed by atoms with Crippen LogP contribution in [0, 0.1) is 16.7 Å². The molecule has 1 aromatic carbocycles. The fraction of sp³-hybridized carbons (Fsp3) is 0.667. The molecule has 2 unspecified atom stereocenters. The number of ketones is 1. The number of benzene rings is 1. The Morgan fingerprint density at radius 2 is 2.04 bits per heavy atom. The lowest BCUT2D eigenvalue weighted by atomic mass is 9.70. The van der Waals surface area contributed by atoms with E-state index in [0.29, 0.717) is 31.8 Å². The van der Waals surface area contributed by atoms with Crippen molar-refractivity contribution in [1.29, 1.82) is 0 Å². The Labute approximate surface area is 162 Å². The Morgan fingerprint density at radius 3 is 2.74 bits per heavy atom. The maximum absolute atomic E-state index is 12.8. The highest BCUT2D eigenvalue weighted by atomic mass is 32.2. The summed E-state index contributed by atoms with van der Waals surface area (Å²) in [6.45, 7) is 6.15. The number of anilines is 1. The number of carbonyl (C=O) groups is 1. The fourth-order valence-electron chi connectivity index (χ4n) is 5.66. The highest BCUT2D eigenvalue weighted by Gasteiger charge is 2.65. The molecule has 2 bridgehead atoms. The van der Waals surface area contributed by atoms with Crippen molar-refractivity contribution in [2.24, 2.45) is 16.7 Å². The number of para-hydroxylation sites is 1. The number of Topliss-reactive ketones (excluding diaryl/α,β-unsaturated/α-hetero) is 1. The predicted molar refractivity (Wildman–Crippen MR) is 107 cm³/mol. The summed E-state index contributed by atoms with van der Waals surface area (Å²) in [7, 11) is -3.49. The number of nitrogens with zero attached hydrogens (tertiary/aromatic N) is 1. The van der Waals surface area contributed by atoms with E-state index < -0.39 is 15.4 Å². The molecule has 0 radical (unpaired) electrons. The number of hydrogen-bond donors (Lipinski definition) is 1. The molecule has 1 aromatic rings. The molecule has 148 valence electrons. The molecule has 4 rings (SSSR count). The second-order valence-corrected chi connectivity index (χ2v) is 10.8. The van der Waals surface area contributed by atoms with Gasteiger partial charge in [-0.1, -0.05) is 32.0 Å². The second kappa shape index (κ2) is 6.59. The molecule has 27 heavy (non-hydrogen) atoms. The van der Waals surface area contributed by atoms with Crippen molar-refractivity contribution in [2.75, 3.05) is 30.3 Å². The van der Waals surface area contributed by atoms with Gasteiger partial charge in [0.15, 0.2) is 0 Å². The summed E-state index contributed by atoms with van der Waals surface area (Å²) in [5, 5.41) is 0. The third-order valence-corrected chi connectivity index (χ3v) is 9.00. The maximum Gasteiger partial charge on any atom is 0.212 e. The van der Waals surface area contributed by atoms with Gasteiger partial charge in [0.1, 0.15) is 5.78 Å². The third-order valence-electron chi connectivity index (χ3n) is 7.49.